The van der Waals surface area contributed by atoms with Crippen molar-refractivity contribution in [1.29, 1.82) is 0 Å². The molecular formula is C21H37IN4O2. The SMILES string of the molecule is CCOCC1CCN(C(=NCC2CCCN2CC)NCCc2ccco2)C1.I. The van der Waals surface area contributed by atoms with Crippen LogP contribution in [0.4, 0.5) is 0 Å². The number of aliphatic imine (C=N–C) groups is 1. The molecule has 6 nitrogen and oxygen atoms in total. The molecule has 3 rings (SSSR count). The normalized spacial score (nSPS) is 23.2. The third kappa shape index (κ3) is 6.91. The van der Waals surface area contributed by atoms with Gasteiger partial charge in [-0.15, -0.1) is 24.0 Å². The number of furan rings is 1. The first-order valence-corrected chi connectivity index (χ1v) is 10.7. The highest BCUT2D eigenvalue weighted by Gasteiger charge is 2.26. The summed E-state index contributed by atoms with van der Waals surface area (Å²) in [7, 11) is 0. The Morgan fingerprint density at radius 3 is 2.96 bits per heavy atom. The van der Waals surface area contributed by atoms with Crippen LogP contribution in [0, 0.1) is 5.92 Å². The van der Waals surface area contributed by atoms with Crippen molar-refractivity contribution in [3.8, 4) is 0 Å². The maximum absolute atomic E-state index is 5.64. The Morgan fingerprint density at radius 1 is 1.32 bits per heavy atom. The van der Waals surface area contributed by atoms with E-state index in [1.165, 1.54) is 25.8 Å². The number of nitrogens with one attached hydrogen (secondary N) is 1. The first-order valence-electron chi connectivity index (χ1n) is 10.7. The summed E-state index contributed by atoms with van der Waals surface area (Å²) >= 11 is 0. The van der Waals surface area contributed by atoms with Crippen LogP contribution >= 0.6 is 24.0 Å². The lowest BCUT2D eigenvalue weighted by Gasteiger charge is -2.25. The predicted octanol–water partition coefficient (Wildman–Crippen LogP) is 3.23. The molecule has 28 heavy (non-hydrogen) atoms. The molecular weight excluding hydrogens is 467 g/mol. The van der Waals surface area contributed by atoms with Gasteiger partial charge in [0.1, 0.15) is 5.76 Å². The van der Waals surface area contributed by atoms with E-state index in [0.29, 0.717) is 12.0 Å². The summed E-state index contributed by atoms with van der Waals surface area (Å²) in [6.07, 6.45) is 6.37. The van der Waals surface area contributed by atoms with Gasteiger partial charge in [0, 0.05) is 44.6 Å². The van der Waals surface area contributed by atoms with Gasteiger partial charge in [-0.3, -0.25) is 9.89 Å². The zero-order chi connectivity index (χ0) is 18.9. The van der Waals surface area contributed by atoms with E-state index in [1.807, 2.05) is 12.1 Å². The first kappa shape index (κ1) is 23.5. The van der Waals surface area contributed by atoms with E-state index in [2.05, 4.69) is 29.0 Å². The van der Waals surface area contributed by atoms with Gasteiger partial charge < -0.3 is 19.4 Å². The van der Waals surface area contributed by atoms with E-state index in [0.717, 1.165) is 64.1 Å². The molecule has 2 aliphatic rings. The number of rotatable bonds is 9. The number of halogens is 1. The third-order valence-electron chi connectivity index (χ3n) is 5.73. The molecule has 2 fully saturated rings. The van der Waals surface area contributed by atoms with Crippen LogP contribution in [-0.4, -0.2) is 74.3 Å². The Kier molecular flexibility index (Phi) is 10.6. The molecule has 7 heteroatoms. The van der Waals surface area contributed by atoms with Gasteiger partial charge >= 0.3 is 0 Å². The molecule has 3 heterocycles. The summed E-state index contributed by atoms with van der Waals surface area (Å²) in [5.74, 6) is 2.69. The average molecular weight is 504 g/mol. The van der Waals surface area contributed by atoms with Crippen LogP contribution in [0.5, 0.6) is 0 Å². The second-order valence-electron chi connectivity index (χ2n) is 7.61. The van der Waals surface area contributed by atoms with Gasteiger partial charge in [0.05, 0.1) is 19.4 Å². The van der Waals surface area contributed by atoms with E-state index in [9.17, 15) is 0 Å². The largest absolute Gasteiger partial charge is 0.469 e. The van der Waals surface area contributed by atoms with Crippen molar-refractivity contribution in [1.82, 2.24) is 15.1 Å². The maximum Gasteiger partial charge on any atom is 0.194 e. The fourth-order valence-corrected chi connectivity index (χ4v) is 4.18. The van der Waals surface area contributed by atoms with Gasteiger partial charge in [-0.05, 0) is 51.4 Å². The zero-order valence-electron chi connectivity index (χ0n) is 17.4. The number of likely N-dealkylation sites (N-methyl/N-ethyl adjacent to an activating group) is 1. The Labute approximate surface area is 187 Å². The molecule has 2 aliphatic heterocycles. The molecule has 160 valence electrons. The molecule has 1 N–H and O–H groups in total. The van der Waals surface area contributed by atoms with Crippen LogP contribution in [0.2, 0.25) is 0 Å². The lowest BCUT2D eigenvalue weighted by atomic mass is 10.1. The predicted molar refractivity (Wildman–Crippen MR) is 125 cm³/mol. The quantitative estimate of drug-likeness (QED) is 0.318. The van der Waals surface area contributed by atoms with Crippen molar-refractivity contribution in [2.24, 2.45) is 10.9 Å². The molecule has 0 aliphatic carbocycles. The van der Waals surface area contributed by atoms with Crippen LogP contribution < -0.4 is 5.32 Å². The van der Waals surface area contributed by atoms with Crippen LogP contribution in [0.25, 0.3) is 0 Å². The minimum Gasteiger partial charge on any atom is -0.469 e. The highest BCUT2D eigenvalue weighted by Crippen LogP contribution is 2.19. The summed E-state index contributed by atoms with van der Waals surface area (Å²) in [5, 5.41) is 3.59. The Hall–Kier alpha value is -0.800. The molecule has 0 saturated carbocycles. The molecule has 2 saturated heterocycles. The van der Waals surface area contributed by atoms with E-state index < -0.39 is 0 Å². The highest BCUT2D eigenvalue weighted by molar-refractivity contribution is 14.0. The van der Waals surface area contributed by atoms with Gasteiger partial charge in [-0.2, -0.15) is 0 Å². The average Bonchev–Trinajstić information content (AvgIpc) is 3.44. The van der Waals surface area contributed by atoms with Crippen LogP contribution in [-0.2, 0) is 11.2 Å². The molecule has 2 atom stereocenters. The second kappa shape index (κ2) is 12.7. The molecule has 1 aromatic rings. The van der Waals surface area contributed by atoms with Crippen molar-refractivity contribution in [3.63, 3.8) is 0 Å². The fraction of sp³-hybridized carbons (Fsp3) is 0.762. The molecule has 0 radical (unpaired) electrons. The smallest absolute Gasteiger partial charge is 0.194 e. The first-order chi connectivity index (χ1) is 13.3. The lowest BCUT2D eigenvalue weighted by Crippen LogP contribution is -2.42. The molecule has 0 aromatic carbocycles. The van der Waals surface area contributed by atoms with E-state index in [1.54, 1.807) is 6.26 Å². The van der Waals surface area contributed by atoms with Crippen LogP contribution in [0.3, 0.4) is 0 Å². The Bertz CT molecular complexity index is 567. The van der Waals surface area contributed by atoms with E-state index in [4.69, 9.17) is 14.1 Å². The molecule has 0 spiro atoms. The Morgan fingerprint density at radius 2 is 2.21 bits per heavy atom. The number of likely N-dealkylation sites (tertiary alicyclic amines) is 2. The summed E-state index contributed by atoms with van der Waals surface area (Å²) in [4.78, 5) is 10.0. The van der Waals surface area contributed by atoms with E-state index in [-0.39, 0.29) is 24.0 Å². The number of hydrogen-bond donors (Lipinski definition) is 1. The third-order valence-corrected chi connectivity index (χ3v) is 5.73. The summed E-state index contributed by atoms with van der Waals surface area (Å²) in [5.41, 5.74) is 0. The standard InChI is InChI=1S/C21H36N4O2.HI/c1-3-24-12-5-7-19(24)15-23-21(22-11-9-20-8-6-14-27-20)25-13-10-18(16-25)17-26-4-2;/h6,8,14,18-19H,3-5,7,9-13,15-17H2,1-2H3,(H,22,23);1H. The van der Waals surface area contributed by atoms with Crippen LogP contribution in [0.15, 0.2) is 27.8 Å². The van der Waals surface area contributed by atoms with Crippen LogP contribution in [0.1, 0.15) is 38.9 Å². The minimum atomic E-state index is 0. The number of hydrogen-bond acceptors (Lipinski definition) is 4. The summed E-state index contributed by atoms with van der Waals surface area (Å²) in [6.45, 7) is 12.2. The van der Waals surface area contributed by atoms with Crippen molar-refractivity contribution >= 4 is 29.9 Å². The molecule has 0 amide bonds. The number of ether oxygens (including phenoxy) is 1. The number of nitrogens with zero attached hydrogens (tertiary/aromatic N) is 3. The molecule has 0 bridgehead atoms. The summed E-state index contributed by atoms with van der Waals surface area (Å²) < 4.78 is 11.1. The highest BCUT2D eigenvalue weighted by atomic mass is 127. The van der Waals surface area contributed by atoms with Gasteiger partial charge in [-0.1, -0.05) is 6.92 Å². The number of guanidine groups is 1. The van der Waals surface area contributed by atoms with Crippen molar-refractivity contribution in [2.45, 2.75) is 45.6 Å². The Balaban J connectivity index is 0.00000280. The second-order valence-corrected chi connectivity index (χ2v) is 7.61. The monoisotopic (exact) mass is 504 g/mol. The minimum absolute atomic E-state index is 0. The maximum atomic E-state index is 5.64. The van der Waals surface area contributed by atoms with Gasteiger partial charge in [0.2, 0.25) is 0 Å². The zero-order valence-corrected chi connectivity index (χ0v) is 19.8. The van der Waals surface area contributed by atoms with Crippen molar-refractivity contribution in [2.75, 3.05) is 52.5 Å². The van der Waals surface area contributed by atoms with Gasteiger partial charge in [-0.25, -0.2) is 0 Å². The van der Waals surface area contributed by atoms with Crippen molar-refractivity contribution < 1.29 is 9.15 Å². The topological polar surface area (TPSA) is 53.2 Å². The lowest BCUT2D eigenvalue weighted by molar-refractivity contribution is 0.114. The fourth-order valence-electron chi connectivity index (χ4n) is 4.18. The molecule has 2 unspecified atom stereocenters. The summed E-state index contributed by atoms with van der Waals surface area (Å²) in [6, 6.07) is 4.57. The van der Waals surface area contributed by atoms with Crippen molar-refractivity contribution in [3.05, 3.63) is 24.2 Å². The van der Waals surface area contributed by atoms with Gasteiger partial charge in [0.15, 0.2) is 5.96 Å². The van der Waals surface area contributed by atoms with Gasteiger partial charge in [0.25, 0.3) is 0 Å². The van der Waals surface area contributed by atoms with E-state index >= 15 is 0 Å². The molecule has 1 aromatic heterocycles.